The Bertz CT molecular complexity index is 421. The van der Waals surface area contributed by atoms with Crippen LogP contribution in [0, 0.1) is 16.4 Å². The van der Waals surface area contributed by atoms with Crippen molar-refractivity contribution in [2.75, 3.05) is 17.3 Å². The molecule has 1 aliphatic heterocycles. The highest BCUT2D eigenvalue weighted by Crippen LogP contribution is 2.30. The lowest BCUT2D eigenvalue weighted by Gasteiger charge is -2.18. The average molecular weight is 350 g/mol. The van der Waals surface area contributed by atoms with Crippen LogP contribution in [0.2, 0.25) is 0 Å². The zero-order valence-corrected chi connectivity index (χ0v) is 12.0. The molecule has 16 heavy (non-hydrogen) atoms. The lowest BCUT2D eigenvalue weighted by Crippen LogP contribution is -2.25. The molecule has 1 saturated heterocycles. The third-order valence-corrected chi connectivity index (χ3v) is 4.12. The van der Waals surface area contributed by atoms with E-state index in [2.05, 4.69) is 35.6 Å². The predicted octanol–water partition coefficient (Wildman–Crippen LogP) is 3.19. The molecule has 1 unspecified atom stereocenters. The van der Waals surface area contributed by atoms with Crippen LogP contribution in [0.4, 0.5) is 5.69 Å². The summed E-state index contributed by atoms with van der Waals surface area (Å²) in [5, 5.41) is 0. The van der Waals surface area contributed by atoms with Crippen LogP contribution in [-0.2, 0) is 4.79 Å². The number of carbonyl (C=O) groups excluding carboxylic acids is 1. The van der Waals surface area contributed by atoms with Gasteiger partial charge in [-0.25, -0.2) is 0 Å². The first-order valence-electron chi connectivity index (χ1n) is 5.24. The van der Waals surface area contributed by atoms with E-state index < -0.39 is 0 Å². The smallest absolute Gasteiger partial charge is 0.227 e. The molecule has 1 aromatic rings. The molecule has 1 heterocycles. The molecule has 86 valence electrons. The van der Waals surface area contributed by atoms with Crippen molar-refractivity contribution in [1.82, 2.24) is 0 Å². The second-order valence-corrected chi connectivity index (χ2v) is 5.65. The lowest BCUT2D eigenvalue weighted by molar-refractivity contribution is -0.117. The largest absolute Gasteiger partial charge is 0.311 e. The molecular weight excluding hydrogens is 336 g/mol. The van der Waals surface area contributed by atoms with Gasteiger partial charge < -0.3 is 4.90 Å². The molecule has 1 fully saturated rings. The van der Waals surface area contributed by atoms with Crippen molar-refractivity contribution in [2.24, 2.45) is 5.92 Å². The van der Waals surface area contributed by atoms with Crippen molar-refractivity contribution >= 4 is 45.8 Å². The van der Waals surface area contributed by atoms with Gasteiger partial charge in [0.1, 0.15) is 0 Å². The number of rotatable bonds is 2. The van der Waals surface area contributed by atoms with E-state index in [-0.39, 0.29) is 5.91 Å². The first-order chi connectivity index (χ1) is 7.61. The number of hydrogen-bond acceptors (Lipinski definition) is 1. The van der Waals surface area contributed by atoms with Gasteiger partial charge in [0.05, 0.1) is 5.69 Å². The van der Waals surface area contributed by atoms with Crippen molar-refractivity contribution in [3.63, 3.8) is 0 Å². The molecule has 0 bridgehead atoms. The summed E-state index contributed by atoms with van der Waals surface area (Å²) in [6.07, 6.45) is 0.577. The number of amides is 1. The van der Waals surface area contributed by atoms with Crippen molar-refractivity contribution < 1.29 is 4.79 Å². The topological polar surface area (TPSA) is 20.3 Å². The van der Waals surface area contributed by atoms with Crippen molar-refractivity contribution in [3.8, 4) is 0 Å². The maximum Gasteiger partial charge on any atom is 0.227 e. The standard InChI is InChI=1S/C12H13ClINO/c1-8-2-3-11(10(14)4-8)15-7-9(6-13)5-12(15)16/h2-4,9H,5-7H2,1H3. The van der Waals surface area contributed by atoms with E-state index >= 15 is 0 Å². The number of alkyl halides is 1. The maximum atomic E-state index is 11.8. The fourth-order valence-corrected chi connectivity index (χ4v) is 3.12. The predicted molar refractivity (Wildman–Crippen MR) is 75.1 cm³/mol. The summed E-state index contributed by atoms with van der Waals surface area (Å²) >= 11 is 8.09. The molecule has 2 rings (SSSR count). The third-order valence-electron chi connectivity index (χ3n) is 2.82. The monoisotopic (exact) mass is 349 g/mol. The molecular formula is C12H13ClINO. The summed E-state index contributed by atoms with van der Waals surface area (Å²) in [6, 6.07) is 6.15. The van der Waals surface area contributed by atoms with Crippen LogP contribution in [0.1, 0.15) is 12.0 Å². The summed E-state index contributed by atoms with van der Waals surface area (Å²) < 4.78 is 1.13. The maximum absolute atomic E-state index is 11.8. The van der Waals surface area contributed by atoms with Gasteiger partial charge in [-0.05, 0) is 53.1 Å². The van der Waals surface area contributed by atoms with Crippen LogP contribution >= 0.6 is 34.2 Å². The highest BCUT2D eigenvalue weighted by Gasteiger charge is 2.30. The Morgan fingerprint density at radius 2 is 2.31 bits per heavy atom. The summed E-state index contributed by atoms with van der Waals surface area (Å²) in [5.41, 5.74) is 2.23. The first-order valence-corrected chi connectivity index (χ1v) is 6.85. The Balaban J connectivity index is 2.28. The van der Waals surface area contributed by atoms with E-state index in [0.717, 1.165) is 15.8 Å². The Hall–Kier alpha value is -0.290. The van der Waals surface area contributed by atoms with Crippen LogP contribution in [0.15, 0.2) is 18.2 Å². The summed E-state index contributed by atoms with van der Waals surface area (Å²) in [4.78, 5) is 13.7. The van der Waals surface area contributed by atoms with Gasteiger partial charge >= 0.3 is 0 Å². The second kappa shape index (κ2) is 4.92. The van der Waals surface area contributed by atoms with Crippen LogP contribution in [0.5, 0.6) is 0 Å². The molecule has 0 spiro atoms. The van der Waals surface area contributed by atoms with E-state index in [1.165, 1.54) is 5.56 Å². The Labute approximate surface area is 114 Å². The van der Waals surface area contributed by atoms with Gasteiger partial charge in [0.2, 0.25) is 5.91 Å². The van der Waals surface area contributed by atoms with E-state index in [4.69, 9.17) is 11.6 Å². The van der Waals surface area contributed by atoms with Crippen LogP contribution < -0.4 is 4.90 Å². The van der Waals surface area contributed by atoms with Crippen LogP contribution in [0.3, 0.4) is 0 Å². The van der Waals surface area contributed by atoms with Crippen LogP contribution in [-0.4, -0.2) is 18.3 Å². The molecule has 1 aromatic carbocycles. The highest BCUT2D eigenvalue weighted by atomic mass is 127. The van der Waals surface area contributed by atoms with E-state index in [1.54, 1.807) is 0 Å². The summed E-state index contributed by atoms with van der Waals surface area (Å²) in [5.74, 6) is 1.05. The minimum absolute atomic E-state index is 0.187. The number of benzene rings is 1. The Kier molecular flexibility index (Phi) is 3.74. The first kappa shape index (κ1) is 12.2. The molecule has 0 aromatic heterocycles. The highest BCUT2D eigenvalue weighted by molar-refractivity contribution is 14.1. The number of hydrogen-bond donors (Lipinski definition) is 0. The van der Waals surface area contributed by atoms with Crippen molar-refractivity contribution in [3.05, 3.63) is 27.3 Å². The van der Waals surface area contributed by atoms with Gasteiger partial charge in [0.15, 0.2) is 0 Å². The number of anilines is 1. The average Bonchev–Trinajstić information content (AvgIpc) is 2.60. The van der Waals surface area contributed by atoms with Gasteiger partial charge in [-0.1, -0.05) is 6.07 Å². The van der Waals surface area contributed by atoms with Gasteiger partial charge in [-0.3, -0.25) is 4.79 Å². The summed E-state index contributed by atoms with van der Waals surface area (Å²) in [7, 11) is 0. The second-order valence-electron chi connectivity index (χ2n) is 4.18. The van der Waals surface area contributed by atoms with Gasteiger partial charge in [-0.15, -0.1) is 11.6 Å². The fourth-order valence-electron chi connectivity index (χ4n) is 1.95. The zero-order chi connectivity index (χ0) is 11.7. The quantitative estimate of drug-likeness (QED) is 0.593. The van der Waals surface area contributed by atoms with Gasteiger partial charge in [0.25, 0.3) is 0 Å². The van der Waals surface area contributed by atoms with Crippen molar-refractivity contribution in [2.45, 2.75) is 13.3 Å². The molecule has 4 heteroatoms. The molecule has 1 amide bonds. The minimum atomic E-state index is 0.187. The molecule has 0 N–H and O–H groups in total. The van der Waals surface area contributed by atoms with E-state index in [0.29, 0.717) is 18.2 Å². The molecule has 0 radical (unpaired) electrons. The van der Waals surface area contributed by atoms with Gasteiger partial charge in [0, 0.05) is 22.4 Å². The normalized spacial score (nSPS) is 20.6. The third kappa shape index (κ3) is 2.35. The molecule has 0 saturated carbocycles. The molecule has 1 aliphatic rings. The lowest BCUT2D eigenvalue weighted by atomic mass is 10.1. The molecule has 2 nitrogen and oxygen atoms in total. The zero-order valence-electron chi connectivity index (χ0n) is 9.04. The van der Waals surface area contributed by atoms with Crippen LogP contribution in [0.25, 0.3) is 0 Å². The molecule has 0 aliphatic carbocycles. The van der Waals surface area contributed by atoms with E-state index in [9.17, 15) is 4.79 Å². The van der Waals surface area contributed by atoms with Gasteiger partial charge in [-0.2, -0.15) is 0 Å². The minimum Gasteiger partial charge on any atom is -0.311 e. The number of nitrogens with zero attached hydrogens (tertiary/aromatic N) is 1. The fraction of sp³-hybridized carbons (Fsp3) is 0.417. The summed E-state index contributed by atoms with van der Waals surface area (Å²) in [6.45, 7) is 2.81. The SMILES string of the molecule is Cc1ccc(N2CC(CCl)CC2=O)c(I)c1. The molecule has 1 atom stereocenters. The van der Waals surface area contributed by atoms with Crippen molar-refractivity contribution in [1.29, 1.82) is 0 Å². The number of halogens is 2. The Morgan fingerprint density at radius 1 is 1.56 bits per heavy atom. The van der Waals surface area contributed by atoms with E-state index in [1.807, 2.05) is 17.0 Å². The Morgan fingerprint density at radius 3 is 2.88 bits per heavy atom. The number of carbonyl (C=O) groups is 1. The number of aryl methyl sites for hydroxylation is 1.